The third-order valence-corrected chi connectivity index (χ3v) is 5.02. The molecule has 0 aliphatic carbocycles. The predicted octanol–water partition coefficient (Wildman–Crippen LogP) is 2.00. The summed E-state index contributed by atoms with van der Waals surface area (Å²) >= 11 is 0. The molecule has 2 rings (SSSR count). The molecule has 0 saturated heterocycles. The first-order valence-corrected chi connectivity index (χ1v) is 8.84. The number of nitrogens with zero attached hydrogens (tertiary/aromatic N) is 2. The van der Waals surface area contributed by atoms with Crippen molar-refractivity contribution in [3.05, 3.63) is 24.4 Å². The first kappa shape index (κ1) is 17.4. The summed E-state index contributed by atoms with van der Waals surface area (Å²) in [6, 6.07) is 3.63. The third kappa shape index (κ3) is 3.53. The van der Waals surface area contributed by atoms with Crippen molar-refractivity contribution < 1.29 is 18.3 Å². The first-order valence-electron chi connectivity index (χ1n) is 7.36. The number of sulfonamides is 1. The largest absolute Gasteiger partial charge is 0.480 e. The molecular weight excluding hydrogens is 318 g/mol. The van der Waals surface area contributed by atoms with Crippen LogP contribution in [-0.4, -0.2) is 35.3 Å². The number of nitrogens with one attached hydrogen (secondary N) is 1. The van der Waals surface area contributed by atoms with Crippen molar-refractivity contribution in [3.8, 4) is 0 Å². The lowest BCUT2D eigenvalue weighted by Gasteiger charge is -2.18. The summed E-state index contributed by atoms with van der Waals surface area (Å²) in [5.74, 6) is -1.56. The Morgan fingerprint density at radius 3 is 2.43 bits per heavy atom. The van der Waals surface area contributed by atoms with E-state index in [-0.39, 0.29) is 16.9 Å². The van der Waals surface area contributed by atoms with Gasteiger partial charge in [0, 0.05) is 11.4 Å². The number of carboxylic acids is 1. The number of hydrogen-bond acceptors (Lipinski definition) is 4. The monoisotopic (exact) mass is 339 g/mol. The van der Waals surface area contributed by atoms with Crippen LogP contribution >= 0.6 is 0 Å². The fourth-order valence-electron chi connectivity index (χ4n) is 2.32. The van der Waals surface area contributed by atoms with Gasteiger partial charge in [0.2, 0.25) is 10.0 Å². The van der Waals surface area contributed by atoms with Crippen molar-refractivity contribution in [2.24, 2.45) is 5.92 Å². The molecule has 8 heteroatoms. The molecule has 0 saturated carbocycles. The standard InChI is InChI=1S/C15H21N3O4S/c1-9(2)14(15(19)20)17-23(21,22)12-5-6-13-11(7-12)8-16-18(13)10(3)4/h5-10,14,17H,1-4H3,(H,19,20)/t14-/m0/s1. The van der Waals surface area contributed by atoms with Crippen molar-refractivity contribution >= 4 is 26.9 Å². The van der Waals surface area contributed by atoms with Crippen LogP contribution in [0.5, 0.6) is 0 Å². The average Bonchev–Trinajstić information content (AvgIpc) is 2.87. The van der Waals surface area contributed by atoms with Gasteiger partial charge in [0.25, 0.3) is 0 Å². The van der Waals surface area contributed by atoms with Gasteiger partial charge in [0.1, 0.15) is 6.04 Å². The van der Waals surface area contributed by atoms with Crippen molar-refractivity contribution in [2.45, 2.75) is 44.7 Å². The van der Waals surface area contributed by atoms with E-state index in [2.05, 4.69) is 9.82 Å². The minimum absolute atomic E-state index is 0.0280. The van der Waals surface area contributed by atoms with Gasteiger partial charge in [-0.25, -0.2) is 8.42 Å². The molecule has 0 spiro atoms. The molecule has 0 unspecified atom stereocenters. The summed E-state index contributed by atoms with van der Waals surface area (Å²) in [5.41, 5.74) is 0.831. The Hall–Kier alpha value is -1.93. The second kappa shape index (κ2) is 6.29. The highest BCUT2D eigenvalue weighted by molar-refractivity contribution is 7.89. The molecule has 126 valence electrons. The van der Waals surface area contributed by atoms with E-state index in [0.717, 1.165) is 5.52 Å². The topological polar surface area (TPSA) is 101 Å². The van der Waals surface area contributed by atoms with Crippen molar-refractivity contribution in [1.82, 2.24) is 14.5 Å². The molecule has 0 aliphatic rings. The fraction of sp³-hybridized carbons (Fsp3) is 0.467. The number of benzene rings is 1. The number of aliphatic carboxylic acids is 1. The number of carboxylic acid groups (broad SMARTS) is 1. The summed E-state index contributed by atoms with van der Waals surface area (Å²) < 4.78 is 28.9. The van der Waals surface area contributed by atoms with Crippen LogP contribution in [0, 0.1) is 5.92 Å². The van der Waals surface area contributed by atoms with Gasteiger partial charge in [0.15, 0.2) is 0 Å². The second-order valence-corrected chi connectivity index (χ2v) is 7.80. The molecule has 1 heterocycles. The van der Waals surface area contributed by atoms with Crippen LogP contribution in [0.25, 0.3) is 10.9 Å². The zero-order valence-corrected chi connectivity index (χ0v) is 14.3. The summed E-state index contributed by atoms with van der Waals surface area (Å²) in [6.45, 7) is 7.27. The Bertz CT molecular complexity index is 824. The summed E-state index contributed by atoms with van der Waals surface area (Å²) in [7, 11) is -3.92. The second-order valence-electron chi connectivity index (χ2n) is 6.08. The zero-order chi connectivity index (χ0) is 17.4. The van der Waals surface area contributed by atoms with Gasteiger partial charge in [-0.05, 0) is 38.0 Å². The highest BCUT2D eigenvalue weighted by Gasteiger charge is 2.28. The lowest BCUT2D eigenvalue weighted by atomic mass is 10.1. The van der Waals surface area contributed by atoms with E-state index >= 15 is 0 Å². The maximum Gasteiger partial charge on any atom is 0.322 e. The van der Waals surface area contributed by atoms with Crippen molar-refractivity contribution in [3.63, 3.8) is 0 Å². The van der Waals surface area contributed by atoms with E-state index in [1.54, 1.807) is 30.8 Å². The van der Waals surface area contributed by atoms with Crippen LogP contribution in [0.2, 0.25) is 0 Å². The van der Waals surface area contributed by atoms with E-state index < -0.39 is 22.0 Å². The summed E-state index contributed by atoms with van der Waals surface area (Å²) in [6.07, 6.45) is 1.60. The fourth-order valence-corrected chi connectivity index (χ4v) is 3.69. The number of aromatic nitrogens is 2. The van der Waals surface area contributed by atoms with E-state index in [4.69, 9.17) is 5.11 Å². The SMILES string of the molecule is CC(C)[C@H](NS(=O)(=O)c1ccc2c(cnn2C(C)C)c1)C(=O)O. The molecule has 2 aromatic rings. The van der Waals surface area contributed by atoms with Crippen LogP contribution in [0.15, 0.2) is 29.3 Å². The Balaban J connectivity index is 2.40. The summed E-state index contributed by atoms with van der Waals surface area (Å²) in [4.78, 5) is 11.2. The van der Waals surface area contributed by atoms with Gasteiger partial charge in [-0.3, -0.25) is 9.48 Å². The third-order valence-electron chi connectivity index (χ3n) is 3.58. The van der Waals surface area contributed by atoms with Crippen molar-refractivity contribution in [1.29, 1.82) is 0 Å². The van der Waals surface area contributed by atoms with Crippen molar-refractivity contribution in [2.75, 3.05) is 0 Å². The lowest BCUT2D eigenvalue weighted by Crippen LogP contribution is -2.44. The molecule has 1 aromatic carbocycles. The number of carbonyl (C=O) groups is 1. The molecule has 0 fully saturated rings. The molecule has 0 radical (unpaired) electrons. The lowest BCUT2D eigenvalue weighted by molar-refractivity contribution is -0.140. The molecule has 0 amide bonds. The molecular formula is C15H21N3O4S. The van der Waals surface area contributed by atoms with E-state index in [9.17, 15) is 13.2 Å². The normalized spacial score (nSPS) is 13.8. The molecule has 1 aromatic heterocycles. The van der Waals surface area contributed by atoms with Gasteiger partial charge in [-0.1, -0.05) is 13.8 Å². The van der Waals surface area contributed by atoms with Gasteiger partial charge in [-0.15, -0.1) is 0 Å². The van der Waals surface area contributed by atoms with Gasteiger partial charge in [0.05, 0.1) is 16.6 Å². The quantitative estimate of drug-likeness (QED) is 0.838. The smallest absolute Gasteiger partial charge is 0.322 e. The molecule has 1 atom stereocenters. The van der Waals surface area contributed by atoms with Crippen LogP contribution in [0.1, 0.15) is 33.7 Å². The Morgan fingerprint density at radius 2 is 1.91 bits per heavy atom. The number of fused-ring (bicyclic) bond motifs is 1. The van der Waals surface area contributed by atoms with Gasteiger partial charge >= 0.3 is 5.97 Å². The maximum atomic E-state index is 12.4. The zero-order valence-electron chi connectivity index (χ0n) is 13.5. The summed E-state index contributed by atoms with van der Waals surface area (Å²) in [5, 5.41) is 14.1. The predicted molar refractivity (Wildman–Crippen MR) is 86.7 cm³/mol. The molecule has 7 nitrogen and oxygen atoms in total. The number of hydrogen-bond donors (Lipinski definition) is 2. The Kier molecular flexibility index (Phi) is 4.76. The minimum atomic E-state index is -3.92. The number of rotatable bonds is 6. The minimum Gasteiger partial charge on any atom is -0.480 e. The molecule has 2 N–H and O–H groups in total. The highest BCUT2D eigenvalue weighted by atomic mass is 32.2. The van der Waals surface area contributed by atoms with Gasteiger partial charge in [-0.2, -0.15) is 9.82 Å². The highest BCUT2D eigenvalue weighted by Crippen LogP contribution is 2.22. The van der Waals surface area contributed by atoms with E-state index in [1.807, 2.05) is 13.8 Å². The van der Waals surface area contributed by atoms with Crippen LogP contribution in [-0.2, 0) is 14.8 Å². The molecule has 0 aliphatic heterocycles. The first-order chi connectivity index (χ1) is 10.6. The average molecular weight is 339 g/mol. The molecule has 23 heavy (non-hydrogen) atoms. The van der Waals surface area contributed by atoms with Gasteiger partial charge < -0.3 is 5.11 Å². The Morgan fingerprint density at radius 1 is 1.26 bits per heavy atom. The van der Waals surface area contributed by atoms with E-state index in [0.29, 0.717) is 5.39 Å². The van der Waals surface area contributed by atoms with Crippen LogP contribution in [0.3, 0.4) is 0 Å². The van der Waals surface area contributed by atoms with Crippen LogP contribution in [0.4, 0.5) is 0 Å². The molecule has 0 bridgehead atoms. The Labute approximate surface area is 135 Å². The van der Waals surface area contributed by atoms with E-state index in [1.165, 1.54) is 12.1 Å². The van der Waals surface area contributed by atoms with Crippen LogP contribution < -0.4 is 4.72 Å². The maximum absolute atomic E-state index is 12.4.